The number of nitrogens with zero attached hydrogens (tertiary/aromatic N) is 1. The number of hydrogen-bond donors (Lipinski definition) is 3. The van der Waals surface area contributed by atoms with Gasteiger partial charge in [-0.15, -0.1) is 6.58 Å². The second-order valence-electron chi connectivity index (χ2n) is 5.58. The molecular weight excluding hydrogens is 440 g/mol. The molecule has 0 atom stereocenters. The number of carbonyl (C=O) groups excluding carboxylic acids is 3. The predicted molar refractivity (Wildman–Crippen MR) is 114 cm³/mol. The number of nitrogens with one attached hydrogen (secondary N) is 3. The molecule has 0 unspecified atom stereocenters. The highest BCUT2D eigenvalue weighted by Crippen LogP contribution is 2.22. The Labute approximate surface area is 176 Å². The summed E-state index contributed by atoms with van der Waals surface area (Å²) < 4.78 is 6.30. The Morgan fingerprint density at radius 2 is 1.86 bits per heavy atom. The lowest BCUT2D eigenvalue weighted by Gasteiger charge is -2.10. The van der Waals surface area contributed by atoms with E-state index in [1.54, 1.807) is 30.3 Å². The molecule has 150 valence electrons. The number of carbonyl (C=O) groups is 3. The van der Waals surface area contributed by atoms with Crippen molar-refractivity contribution < 1.29 is 19.1 Å². The molecule has 2 rings (SSSR count). The van der Waals surface area contributed by atoms with Gasteiger partial charge in [-0.05, 0) is 30.3 Å². The van der Waals surface area contributed by atoms with Gasteiger partial charge in [0, 0.05) is 22.3 Å². The van der Waals surface area contributed by atoms with Crippen molar-refractivity contribution in [3.05, 3.63) is 71.2 Å². The molecule has 2 aromatic carbocycles. The third kappa shape index (κ3) is 7.59. The van der Waals surface area contributed by atoms with Gasteiger partial charge in [0.25, 0.3) is 5.91 Å². The van der Waals surface area contributed by atoms with E-state index in [1.165, 1.54) is 12.3 Å². The van der Waals surface area contributed by atoms with Gasteiger partial charge < -0.3 is 15.4 Å². The average molecular weight is 459 g/mol. The summed E-state index contributed by atoms with van der Waals surface area (Å²) in [6.07, 6.45) is 2.77. The fourth-order valence-corrected chi connectivity index (χ4v) is 2.45. The van der Waals surface area contributed by atoms with Crippen molar-refractivity contribution in [2.45, 2.75) is 0 Å². The summed E-state index contributed by atoms with van der Waals surface area (Å²) in [7, 11) is 0. The summed E-state index contributed by atoms with van der Waals surface area (Å²) >= 11 is 3.34. The van der Waals surface area contributed by atoms with Crippen molar-refractivity contribution >= 4 is 45.6 Å². The fraction of sp³-hybridized carbons (Fsp3) is 0.100. The first-order chi connectivity index (χ1) is 14.0. The maximum atomic E-state index is 12.0. The topological polar surface area (TPSA) is 109 Å². The molecular formula is C20H19BrN4O4. The molecule has 0 aliphatic rings. The number of rotatable bonds is 8. The molecule has 29 heavy (non-hydrogen) atoms. The average Bonchev–Trinajstić information content (AvgIpc) is 2.72. The normalized spacial score (nSPS) is 10.2. The van der Waals surface area contributed by atoms with Gasteiger partial charge in [0.15, 0.2) is 6.61 Å². The van der Waals surface area contributed by atoms with Gasteiger partial charge in [0.1, 0.15) is 5.75 Å². The molecule has 0 aromatic heterocycles. The van der Waals surface area contributed by atoms with E-state index in [0.717, 1.165) is 4.47 Å². The summed E-state index contributed by atoms with van der Waals surface area (Å²) in [6, 6.07) is 14.1. The second kappa shape index (κ2) is 11.4. The van der Waals surface area contributed by atoms with Crippen LogP contribution >= 0.6 is 15.9 Å². The van der Waals surface area contributed by atoms with Crippen molar-refractivity contribution in [1.82, 2.24) is 10.7 Å². The Morgan fingerprint density at radius 3 is 2.59 bits per heavy atom. The van der Waals surface area contributed by atoms with Crippen LogP contribution in [0, 0.1) is 0 Å². The molecule has 0 aliphatic heterocycles. The van der Waals surface area contributed by atoms with Gasteiger partial charge in [-0.3, -0.25) is 14.4 Å². The van der Waals surface area contributed by atoms with Crippen LogP contribution in [0.3, 0.4) is 0 Å². The molecule has 0 bridgehead atoms. The summed E-state index contributed by atoms with van der Waals surface area (Å²) in [4.78, 5) is 35.1. The van der Waals surface area contributed by atoms with Crippen LogP contribution < -0.4 is 20.8 Å². The van der Waals surface area contributed by atoms with E-state index in [0.29, 0.717) is 17.0 Å². The molecule has 0 saturated carbocycles. The van der Waals surface area contributed by atoms with E-state index in [1.807, 2.05) is 18.2 Å². The zero-order valence-electron chi connectivity index (χ0n) is 15.4. The Balaban J connectivity index is 1.96. The SMILES string of the molecule is C=CCNC(=O)C(=O)N/N=C\c1cc(Br)ccc1OCC(=O)Nc1ccccc1. The first kappa shape index (κ1) is 21.8. The summed E-state index contributed by atoms with van der Waals surface area (Å²) in [5.74, 6) is -1.69. The highest BCUT2D eigenvalue weighted by Gasteiger charge is 2.11. The van der Waals surface area contributed by atoms with E-state index in [-0.39, 0.29) is 19.1 Å². The summed E-state index contributed by atoms with van der Waals surface area (Å²) in [5, 5.41) is 8.80. The number of halogens is 1. The van der Waals surface area contributed by atoms with E-state index in [2.05, 4.69) is 43.7 Å². The van der Waals surface area contributed by atoms with Crippen molar-refractivity contribution in [3.8, 4) is 5.75 Å². The molecule has 0 saturated heterocycles. The first-order valence-corrected chi connectivity index (χ1v) is 9.28. The zero-order valence-corrected chi connectivity index (χ0v) is 16.9. The van der Waals surface area contributed by atoms with Gasteiger partial charge in [-0.2, -0.15) is 5.10 Å². The Kier molecular flexibility index (Phi) is 8.58. The van der Waals surface area contributed by atoms with Crippen LogP contribution in [0.1, 0.15) is 5.56 Å². The number of ether oxygens (including phenoxy) is 1. The van der Waals surface area contributed by atoms with Crippen LogP contribution in [0.15, 0.2) is 70.8 Å². The molecule has 3 N–H and O–H groups in total. The lowest BCUT2D eigenvalue weighted by molar-refractivity contribution is -0.139. The first-order valence-electron chi connectivity index (χ1n) is 8.49. The molecule has 0 fully saturated rings. The Morgan fingerprint density at radius 1 is 1.10 bits per heavy atom. The van der Waals surface area contributed by atoms with Gasteiger partial charge in [-0.1, -0.05) is 40.2 Å². The molecule has 2 aromatic rings. The largest absolute Gasteiger partial charge is 0.483 e. The van der Waals surface area contributed by atoms with Crippen LogP contribution in [0.5, 0.6) is 5.75 Å². The molecule has 0 aliphatic carbocycles. The lowest BCUT2D eigenvalue weighted by atomic mass is 10.2. The monoisotopic (exact) mass is 458 g/mol. The maximum absolute atomic E-state index is 12.0. The third-order valence-corrected chi connectivity index (χ3v) is 3.86. The van der Waals surface area contributed by atoms with Crippen LogP contribution in [-0.4, -0.2) is 37.1 Å². The van der Waals surface area contributed by atoms with Crippen LogP contribution in [0.2, 0.25) is 0 Å². The number of benzene rings is 2. The van der Waals surface area contributed by atoms with Gasteiger partial charge >= 0.3 is 11.8 Å². The summed E-state index contributed by atoms with van der Waals surface area (Å²) in [5.41, 5.74) is 3.28. The van der Waals surface area contributed by atoms with Gasteiger partial charge in [0.2, 0.25) is 0 Å². The predicted octanol–water partition coefficient (Wildman–Crippen LogP) is 2.22. The molecule has 8 nitrogen and oxygen atoms in total. The van der Waals surface area contributed by atoms with E-state index in [4.69, 9.17) is 4.74 Å². The second-order valence-corrected chi connectivity index (χ2v) is 6.50. The standard InChI is InChI=1S/C20H19BrN4O4/c1-2-10-22-19(27)20(28)25-23-12-14-11-15(21)8-9-17(14)29-13-18(26)24-16-6-4-3-5-7-16/h2-9,11-12H,1,10,13H2,(H,22,27)(H,24,26)(H,25,28)/b23-12-. The minimum atomic E-state index is -0.914. The van der Waals surface area contributed by atoms with Gasteiger partial charge in [0.05, 0.1) is 6.21 Å². The number of para-hydroxylation sites is 1. The molecule has 0 spiro atoms. The molecule has 0 heterocycles. The van der Waals surface area contributed by atoms with E-state index in [9.17, 15) is 14.4 Å². The van der Waals surface area contributed by atoms with Crippen molar-refractivity contribution in [1.29, 1.82) is 0 Å². The number of hydrogen-bond acceptors (Lipinski definition) is 5. The fourth-order valence-electron chi connectivity index (χ4n) is 2.07. The van der Waals surface area contributed by atoms with Crippen molar-refractivity contribution in [2.75, 3.05) is 18.5 Å². The molecule has 3 amide bonds. The quantitative estimate of drug-likeness (QED) is 0.244. The number of amides is 3. The van der Waals surface area contributed by atoms with E-state index >= 15 is 0 Å². The minimum Gasteiger partial charge on any atom is -0.483 e. The van der Waals surface area contributed by atoms with Crippen molar-refractivity contribution in [3.63, 3.8) is 0 Å². The highest BCUT2D eigenvalue weighted by molar-refractivity contribution is 9.10. The minimum absolute atomic E-state index is 0.171. The highest BCUT2D eigenvalue weighted by atomic mass is 79.9. The van der Waals surface area contributed by atoms with Crippen LogP contribution in [-0.2, 0) is 14.4 Å². The lowest BCUT2D eigenvalue weighted by Crippen LogP contribution is -2.37. The third-order valence-electron chi connectivity index (χ3n) is 3.37. The van der Waals surface area contributed by atoms with Crippen LogP contribution in [0.4, 0.5) is 5.69 Å². The van der Waals surface area contributed by atoms with Crippen molar-refractivity contribution in [2.24, 2.45) is 5.10 Å². The Bertz CT molecular complexity index is 916. The number of hydrazone groups is 1. The maximum Gasteiger partial charge on any atom is 0.329 e. The van der Waals surface area contributed by atoms with E-state index < -0.39 is 11.8 Å². The Hall–Kier alpha value is -3.46. The smallest absolute Gasteiger partial charge is 0.329 e. The zero-order chi connectivity index (χ0) is 21.1. The molecule has 9 heteroatoms. The van der Waals surface area contributed by atoms with Crippen LogP contribution in [0.25, 0.3) is 0 Å². The molecule has 0 radical (unpaired) electrons. The van der Waals surface area contributed by atoms with Gasteiger partial charge in [-0.25, -0.2) is 5.43 Å². The summed E-state index contributed by atoms with van der Waals surface area (Å²) in [6.45, 7) is 3.40. The number of anilines is 1.